The maximum absolute atomic E-state index is 11.9. The van der Waals surface area contributed by atoms with Crippen molar-refractivity contribution in [3.8, 4) is 0 Å². The number of benzene rings is 1. The average Bonchev–Trinajstić information content (AvgIpc) is 2.84. The van der Waals surface area contributed by atoms with Crippen molar-refractivity contribution >= 4 is 17.7 Å². The molecule has 1 amide bonds. The van der Waals surface area contributed by atoms with Crippen molar-refractivity contribution in [2.75, 3.05) is 5.32 Å². The zero-order chi connectivity index (χ0) is 15.4. The minimum Gasteiger partial charge on any atom is -0.449 e. The average molecular weight is 288 g/mol. The summed E-state index contributed by atoms with van der Waals surface area (Å²) in [5, 5.41) is 6.15. The fourth-order valence-corrected chi connectivity index (χ4v) is 1.71. The smallest absolute Gasteiger partial charge is 0.338 e. The van der Waals surface area contributed by atoms with Gasteiger partial charge in [0.15, 0.2) is 11.9 Å². The molecule has 0 spiro atoms. The molecule has 21 heavy (non-hydrogen) atoms. The third-order valence-electron chi connectivity index (χ3n) is 2.79. The van der Waals surface area contributed by atoms with E-state index in [-0.39, 0.29) is 5.82 Å². The van der Waals surface area contributed by atoms with E-state index < -0.39 is 18.0 Å². The van der Waals surface area contributed by atoms with Crippen LogP contribution in [0.15, 0.2) is 34.9 Å². The number of amides is 1. The maximum Gasteiger partial charge on any atom is 0.338 e. The number of nitrogens with zero attached hydrogens (tertiary/aromatic N) is 1. The molecule has 110 valence electrons. The van der Waals surface area contributed by atoms with Gasteiger partial charge in [-0.15, -0.1) is 0 Å². The van der Waals surface area contributed by atoms with E-state index in [0.29, 0.717) is 11.3 Å². The van der Waals surface area contributed by atoms with E-state index in [1.165, 1.54) is 6.92 Å². The largest absolute Gasteiger partial charge is 0.449 e. The molecule has 6 nitrogen and oxygen atoms in total. The van der Waals surface area contributed by atoms with Gasteiger partial charge in [-0.3, -0.25) is 4.79 Å². The molecule has 0 unspecified atom stereocenters. The van der Waals surface area contributed by atoms with E-state index in [1.807, 2.05) is 13.0 Å². The first-order valence-corrected chi connectivity index (χ1v) is 6.47. The summed E-state index contributed by atoms with van der Waals surface area (Å²) in [4.78, 5) is 23.8. The fourth-order valence-electron chi connectivity index (χ4n) is 1.71. The molecule has 0 aliphatic rings. The molecule has 0 aliphatic carbocycles. The first-order valence-electron chi connectivity index (χ1n) is 6.47. The summed E-state index contributed by atoms with van der Waals surface area (Å²) in [7, 11) is 0. The van der Waals surface area contributed by atoms with Crippen LogP contribution in [-0.2, 0) is 9.53 Å². The van der Waals surface area contributed by atoms with Gasteiger partial charge in [0.2, 0.25) is 0 Å². The van der Waals surface area contributed by atoms with E-state index in [9.17, 15) is 9.59 Å². The van der Waals surface area contributed by atoms with Gasteiger partial charge in [0, 0.05) is 6.07 Å². The molecule has 2 rings (SSSR count). The summed E-state index contributed by atoms with van der Waals surface area (Å²) in [6.07, 6.45) is -0.935. The Morgan fingerprint density at radius 1 is 1.29 bits per heavy atom. The zero-order valence-corrected chi connectivity index (χ0v) is 12.0. The quantitative estimate of drug-likeness (QED) is 0.874. The SMILES string of the molecule is Cc1cccc(C(=O)O[C@H](C)C(=O)Nc2cc(C)on2)c1. The molecule has 1 aromatic carbocycles. The Balaban J connectivity index is 1.95. The van der Waals surface area contributed by atoms with E-state index in [4.69, 9.17) is 9.26 Å². The molecular formula is C15H16N2O4. The Hall–Kier alpha value is -2.63. The highest BCUT2D eigenvalue weighted by atomic mass is 16.5. The van der Waals surface area contributed by atoms with Gasteiger partial charge in [0.25, 0.3) is 5.91 Å². The topological polar surface area (TPSA) is 81.4 Å². The molecule has 0 aliphatic heterocycles. The second-order valence-electron chi connectivity index (χ2n) is 4.73. The summed E-state index contributed by atoms with van der Waals surface area (Å²) < 4.78 is 9.96. The Morgan fingerprint density at radius 3 is 2.67 bits per heavy atom. The number of hydrogen-bond acceptors (Lipinski definition) is 5. The highest BCUT2D eigenvalue weighted by molar-refractivity contribution is 5.96. The number of ether oxygens (including phenoxy) is 1. The molecule has 1 atom stereocenters. The number of anilines is 1. The highest BCUT2D eigenvalue weighted by Gasteiger charge is 2.20. The molecule has 0 bridgehead atoms. The number of aryl methyl sites for hydroxylation is 2. The lowest BCUT2D eigenvalue weighted by Gasteiger charge is -2.12. The highest BCUT2D eigenvalue weighted by Crippen LogP contribution is 2.10. The number of carbonyl (C=O) groups excluding carboxylic acids is 2. The number of hydrogen-bond donors (Lipinski definition) is 1. The summed E-state index contributed by atoms with van der Waals surface area (Å²) in [6, 6.07) is 8.55. The van der Waals surface area contributed by atoms with Crippen LogP contribution in [-0.4, -0.2) is 23.1 Å². The predicted molar refractivity (Wildman–Crippen MR) is 75.9 cm³/mol. The Bertz CT molecular complexity index is 663. The Labute approximate surface area is 122 Å². The molecule has 2 aromatic rings. The van der Waals surface area contributed by atoms with E-state index >= 15 is 0 Å². The second-order valence-corrected chi connectivity index (χ2v) is 4.73. The van der Waals surface area contributed by atoms with Gasteiger partial charge in [-0.2, -0.15) is 0 Å². The first-order chi connectivity index (χ1) is 9.95. The first kappa shape index (κ1) is 14.8. The van der Waals surface area contributed by atoms with E-state index in [0.717, 1.165) is 5.56 Å². The summed E-state index contributed by atoms with van der Waals surface area (Å²) in [6.45, 7) is 5.08. The van der Waals surface area contributed by atoms with Crippen LogP contribution in [0.5, 0.6) is 0 Å². The van der Waals surface area contributed by atoms with Crippen molar-refractivity contribution in [3.63, 3.8) is 0 Å². The lowest BCUT2D eigenvalue weighted by molar-refractivity contribution is -0.123. The molecule has 1 aromatic heterocycles. The minimum atomic E-state index is -0.935. The van der Waals surface area contributed by atoms with Gasteiger partial charge in [0.1, 0.15) is 5.76 Å². The van der Waals surface area contributed by atoms with Gasteiger partial charge < -0.3 is 14.6 Å². The standard InChI is InChI=1S/C15H16N2O4/c1-9-5-4-6-12(7-9)15(19)20-11(3)14(18)16-13-8-10(2)21-17-13/h4-8,11H,1-3H3,(H,16,17,18)/t11-/m1/s1. The lowest BCUT2D eigenvalue weighted by atomic mass is 10.1. The van der Waals surface area contributed by atoms with Crippen molar-refractivity contribution in [2.45, 2.75) is 26.9 Å². The Kier molecular flexibility index (Phi) is 4.37. The van der Waals surface area contributed by atoms with Crippen LogP contribution in [0.3, 0.4) is 0 Å². The third-order valence-corrected chi connectivity index (χ3v) is 2.79. The zero-order valence-electron chi connectivity index (χ0n) is 12.0. The number of aromatic nitrogens is 1. The van der Waals surface area contributed by atoms with Crippen LogP contribution in [0.25, 0.3) is 0 Å². The van der Waals surface area contributed by atoms with Crippen LogP contribution in [0.4, 0.5) is 5.82 Å². The van der Waals surface area contributed by atoms with Gasteiger partial charge in [-0.1, -0.05) is 22.9 Å². The molecule has 0 saturated heterocycles. The number of nitrogens with one attached hydrogen (secondary N) is 1. The summed E-state index contributed by atoms with van der Waals surface area (Å²) in [5.41, 5.74) is 1.35. The Morgan fingerprint density at radius 2 is 2.05 bits per heavy atom. The van der Waals surface area contributed by atoms with E-state index in [2.05, 4.69) is 10.5 Å². The molecule has 1 N–H and O–H groups in total. The molecule has 1 heterocycles. The van der Waals surface area contributed by atoms with Crippen LogP contribution >= 0.6 is 0 Å². The van der Waals surface area contributed by atoms with Crippen molar-refractivity contribution in [3.05, 3.63) is 47.2 Å². The van der Waals surface area contributed by atoms with Crippen LogP contribution in [0.1, 0.15) is 28.6 Å². The van der Waals surface area contributed by atoms with Crippen molar-refractivity contribution in [2.24, 2.45) is 0 Å². The van der Waals surface area contributed by atoms with Crippen LogP contribution < -0.4 is 5.32 Å². The number of rotatable bonds is 4. The van der Waals surface area contributed by atoms with Gasteiger partial charge in [-0.25, -0.2) is 4.79 Å². The molecular weight excluding hydrogens is 272 g/mol. The fraction of sp³-hybridized carbons (Fsp3) is 0.267. The summed E-state index contributed by atoms with van der Waals surface area (Å²) >= 11 is 0. The number of carbonyl (C=O) groups is 2. The monoisotopic (exact) mass is 288 g/mol. The second kappa shape index (κ2) is 6.21. The van der Waals surface area contributed by atoms with Crippen molar-refractivity contribution in [1.82, 2.24) is 5.16 Å². The molecule has 6 heteroatoms. The van der Waals surface area contributed by atoms with Crippen LogP contribution in [0, 0.1) is 13.8 Å². The van der Waals surface area contributed by atoms with Gasteiger partial charge in [0.05, 0.1) is 5.56 Å². The number of esters is 1. The van der Waals surface area contributed by atoms with Gasteiger partial charge in [-0.05, 0) is 32.9 Å². The lowest BCUT2D eigenvalue weighted by Crippen LogP contribution is -2.30. The normalized spacial score (nSPS) is 11.8. The third kappa shape index (κ3) is 3.92. The van der Waals surface area contributed by atoms with Crippen molar-refractivity contribution in [1.29, 1.82) is 0 Å². The molecule has 0 radical (unpaired) electrons. The minimum absolute atomic E-state index is 0.288. The van der Waals surface area contributed by atoms with Crippen molar-refractivity contribution < 1.29 is 18.8 Å². The van der Waals surface area contributed by atoms with Gasteiger partial charge >= 0.3 is 5.97 Å². The van der Waals surface area contributed by atoms with E-state index in [1.54, 1.807) is 31.2 Å². The predicted octanol–water partition coefficient (Wildman–Crippen LogP) is 2.48. The van der Waals surface area contributed by atoms with Crippen LogP contribution in [0.2, 0.25) is 0 Å². The maximum atomic E-state index is 11.9. The molecule has 0 saturated carbocycles. The summed E-state index contributed by atoms with van der Waals surface area (Å²) in [5.74, 6) is -0.146. The molecule has 0 fully saturated rings.